The third-order valence-electron chi connectivity index (χ3n) is 2.77. The van der Waals surface area contributed by atoms with Gasteiger partial charge in [0.25, 0.3) is 0 Å². The van der Waals surface area contributed by atoms with E-state index in [1.807, 2.05) is 25.2 Å². The first-order valence-corrected chi connectivity index (χ1v) is 5.65. The van der Waals surface area contributed by atoms with Crippen molar-refractivity contribution in [3.05, 3.63) is 23.8 Å². The lowest BCUT2D eigenvalue weighted by Gasteiger charge is -2.21. The highest BCUT2D eigenvalue weighted by Gasteiger charge is 2.18. The van der Waals surface area contributed by atoms with E-state index in [0.29, 0.717) is 6.61 Å². The molecular formula is C13H21NO3. The van der Waals surface area contributed by atoms with Crippen molar-refractivity contribution in [1.82, 2.24) is 5.32 Å². The number of ether oxygens (including phenoxy) is 3. The molecule has 4 heteroatoms. The fourth-order valence-electron chi connectivity index (χ4n) is 1.89. The van der Waals surface area contributed by atoms with Crippen LogP contribution in [0.2, 0.25) is 0 Å². The van der Waals surface area contributed by atoms with Crippen molar-refractivity contribution >= 4 is 0 Å². The predicted molar refractivity (Wildman–Crippen MR) is 67.8 cm³/mol. The Bertz CT molecular complexity index is 319. The standard InChI is InChI=1S/C13H21NO3/c1-14-10(8-9-15-2)13-11(16-3)6-5-7-12(13)17-4/h5-7,10,14H,8-9H2,1-4H3. The Morgan fingerprint density at radius 3 is 2.12 bits per heavy atom. The maximum Gasteiger partial charge on any atom is 0.127 e. The second-order valence-corrected chi connectivity index (χ2v) is 3.70. The van der Waals surface area contributed by atoms with Gasteiger partial charge >= 0.3 is 0 Å². The summed E-state index contributed by atoms with van der Waals surface area (Å²) in [4.78, 5) is 0. The van der Waals surface area contributed by atoms with Crippen LogP contribution < -0.4 is 14.8 Å². The minimum atomic E-state index is 0.154. The molecule has 0 saturated heterocycles. The fourth-order valence-corrected chi connectivity index (χ4v) is 1.89. The Hall–Kier alpha value is -1.26. The van der Waals surface area contributed by atoms with E-state index in [0.717, 1.165) is 23.5 Å². The minimum absolute atomic E-state index is 0.154. The van der Waals surface area contributed by atoms with Gasteiger partial charge in [0.2, 0.25) is 0 Å². The largest absolute Gasteiger partial charge is 0.496 e. The average Bonchev–Trinajstić information content (AvgIpc) is 2.39. The molecule has 1 rings (SSSR count). The van der Waals surface area contributed by atoms with Gasteiger partial charge in [-0.3, -0.25) is 0 Å². The second kappa shape index (κ2) is 7.14. The molecule has 0 heterocycles. The summed E-state index contributed by atoms with van der Waals surface area (Å²) in [6, 6.07) is 5.95. The van der Waals surface area contributed by atoms with Gasteiger partial charge in [0.1, 0.15) is 11.5 Å². The van der Waals surface area contributed by atoms with Gasteiger partial charge in [0, 0.05) is 19.8 Å². The van der Waals surface area contributed by atoms with Crippen LogP contribution in [0.5, 0.6) is 11.5 Å². The Kier molecular flexibility index (Phi) is 5.80. The van der Waals surface area contributed by atoms with Gasteiger partial charge in [-0.1, -0.05) is 6.07 Å². The van der Waals surface area contributed by atoms with E-state index in [-0.39, 0.29) is 6.04 Å². The summed E-state index contributed by atoms with van der Waals surface area (Å²) in [5.41, 5.74) is 1.04. The molecule has 1 atom stereocenters. The molecule has 0 fully saturated rings. The number of rotatable bonds is 7. The average molecular weight is 239 g/mol. The zero-order chi connectivity index (χ0) is 12.7. The lowest BCUT2D eigenvalue weighted by atomic mass is 10.0. The van der Waals surface area contributed by atoms with Gasteiger partial charge in [-0.15, -0.1) is 0 Å². The van der Waals surface area contributed by atoms with E-state index in [2.05, 4.69) is 5.32 Å². The zero-order valence-electron chi connectivity index (χ0n) is 10.9. The zero-order valence-corrected chi connectivity index (χ0v) is 10.9. The van der Waals surface area contributed by atoms with Crippen molar-refractivity contribution in [3.63, 3.8) is 0 Å². The summed E-state index contributed by atoms with van der Waals surface area (Å²) in [7, 11) is 6.96. The van der Waals surface area contributed by atoms with E-state index < -0.39 is 0 Å². The van der Waals surface area contributed by atoms with Gasteiger partial charge < -0.3 is 19.5 Å². The minimum Gasteiger partial charge on any atom is -0.496 e. The van der Waals surface area contributed by atoms with Crippen LogP contribution in [0.3, 0.4) is 0 Å². The molecule has 0 bridgehead atoms. The number of hydrogen-bond donors (Lipinski definition) is 1. The summed E-state index contributed by atoms with van der Waals surface area (Å²) < 4.78 is 15.9. The molecule has 1 N–H and O–H groups in total. The summed E-state index contributed by atoms with van der Waals surface area (Å²) in [6.07, 6.45) is 0.865. The molecule has 0 aliphatic rings. The highest BCUT2D eigenvalue weighted by Crippen LogP contribution is 2.35. The Balaban J connectivity index is 3.05. The second-order valence-electron chi connectivity index (χ2n) is 3.70. The van der Waals surface area contributed by atoms with Crippen molar-refractivity contribution in [2.75, 3.05) is 35.0 Å². The first kappa shape index (κ1) is 13.8. The van der Waals surface area contributed by atoms with Crippen molar-refractivity contribution < 1.29 is 14.2 Å². The molecule has 0 amide bonds. The smallest absolute Gasteiger partial charge is 0.127 e. The molecule has 17 heavy (non-hydrogen) atoms. The molecule has 0 radical (unpaired) electrons. The number of nitrogens with one attached hydrogen (secondary N) is 1. The van der Waals surface area contributed by atoms with Gasteiger partial charge in [0.05, 0.1) is 19.8 Å². The Morgan fingerprint density at radius 1 is 1.12 bits per heavy atom. The summed E-state index contributed by atoms with van der Waals surface area (Å²) >= 11 is 0. The van der Waals surface area contributed by atoms with Crippen molar-refractivity contribution in [2.45, 2.75) is 12.5 Å². The van der Waals surface area contributed by atoms with Crippen LogP contribution in [0.1, 0.15) is 18.0 Å². The van der Waals surface area contributed by atoms with Crippen LogP contribution in [0.4, 0.5) is 0 Å². The highest BCUT2D eigenvalue weighted by molar-refractivity contribution is 5.47. The third-order valence-corrected chi connectivity index (χ3v) is 2.77. The predicted octanol–water partition coefficient (Wildman–Crippen LogP) is 2.00. The molecule has 0 aliphatic carbocycles. The topological polar surface area (TPSA) is 39.7 Å². The molecule has 0 aromatic heterocycles. The van der Waals surface area contributed by atoms with Crippen LogP contribution in [0.15, 0.2) is 18.2 Å². The van der Waals surface area contributed by atoms with Gasteiger partial charge in [-0.2, -0.15) is 0 Å². The lowest BCUT2D eigenvalue weighted by Crippen LogP contribution is -2.19. The number of hydrogen-bond acceptors (Lipinski definition) is 4. The van der Waals surface area contributed by atoms with Gasteiger partial charge in [0.15, 0.2) is 0 Å². The van der Waals surface area contributed by atoms with E-state index in [1.165, 1.54) is 0 Å². The fraction of sp³-hybridized carbons (Fsp3) is 0.538. The molecule has 4 nitrogen and oxygen atoms in total. The quantitative estimate of drug-likeness (QED) is 0.790. The maximum atomic E-state index is 5.39. The summed E-state index contributed by atoms with van der Waals surface area (Å²) in [5.74, 6) is 1.67. The summed E-state index contributed by atoms with van der Waals surface area (Å²) in [6.45, 7) is 0.687. The van der Waals surface area contributed by atoms with Crippen LogP contribution >= 0.6 is 0 Å². The van der Waals surface area contributed by atoms with Crippen LogP contribution in [0.25, 0.3) is 0 Å². The van der Waals surface area contributed by atoms with E-state index in [4.69, 9.17) is 14.2 Å². The van der Waals surface area contributed by atoms with E-state index in [1.54, 1.807) is 21.3 Å². The molecule has 1 aromatic rings. The van der Waals surface area contributed by atoms with Crippen LogP contribution in [0, 0.1) is 0 Å². The Morgan fingerprint density at radius 2 is 1.71 bits per heavy atom. The summed E-state index contributed by atoms with van der Waals surface area (Å²) in [5, 5.41) is 3.26. The normalized spacial score (nSPS) is 12.2. The molecular weight excluding hydrogens is 218 g/mol. The van der Waals surface area contributed by atoms with Gasteiger partial charge in [-0.25, -0.2) is 0 Å². The molecule has 1 unspecified atom stereocenters. The van der Waals surface area contributed by atoms with Crippen molar-refractivity contribution in [1.29, 1.82) is 0 Å². The maximum absolute atomic E-state index is 5.39. The van der Waals surface area contributed by atoms with Gasteiger partial charge in [-0.05, 0) is 25.6 Å². The van der Waals surface area contributed by atoms with Crippen LogP contribution in [-0.4, -0.2) is 35.0 Å². The molecule has 0 saturated carbocycles. The molecule has 96 valence electrons. The molecule has 0 spiro atoms. The SMILES string of the molecule is CNC(CCOC)c1c(OC)cccc1OC. The third kappa shape index (κ3) is 3.35. The first-order valence-electron chi connectivity index (χ1n) is 5.65. The number of methoxy groups -OCH3 is 3. The number of benzene rings is 1. The van der Waals surface area contributed by atoms with E-state index in [9.17, 15) is 0 Å². The Labute approximate surface area is 103 Å². The van der Waals surface area contributed by atoms with E-state index >= 15 is 0 Å². The van der Waals surface area contributed by atoms with Crippen molar-refractivity contribution in [3.8, 4) is 11.5 Å². The lowest BCUT2D eigenvalue weighted by molar-refractivity contribution is 0.183. The first-order chi connectivity index (χ1) is 8.28. The molecule has 1 aromatic carbocycles. The molecule has 0 aliphatic heterocycles. The van der Waals surface area contributed by atoms with Crippen molar-refractivity contribution in [2.24, 2.45) is 0 Å². The van der Waals surface area contributed by atoms with Crippen LogP contribution in [-0.2, 0) is 4.74 Å². The highest BCUT2D eigenvalue weighted by atomic mass is 16.5. The monoisotopic (exact) mass is 239 g/mol.